The first-order valence-corrected chi connectivity index (χ1v) is 5.90. The summed E-state index contributed by atoms with van der Waals surface area (Å²) in [5.74, 6) is -0.720. The number of aliphatic hydroxyl groups is 1. The minimum Gasteiger partial charge on any atom is -0.481 e. The molecular formula is C11H22N2O3. The third-order valence-electron chi connectivity index (χ3n) is 3.38. The van der Waals surface area contributed by atoms with Crippen LogP contribution in [0.15, 0.2) is 0 Å². The maximum atomic E-state index is 10.3. The van der Waals surface area contributed by atoms with Crippen molar-refractivity contribution in [3.05, 3.63) is 0 Å². The first-order chi connectivity index (χ1) is 7.52. The minimum absolute atomic E-state index is 0.260. The smallest absolute Gasteiger partial charge is 0.303 e. The predicted molar refractivity (Wildman–Crippen MR) is 60.9 cm³/mol. The lowest BCUT2D eigenvalue weighted by atomic mass is 10.0. The predicted octanol–water partition coefficient (Wildman–Crippen LogP) is 0.589. The van der Waals surface area contributed by atoms with Gasteiger partial charge in [-0.05, 0) is 26.8 Å². The van der Waals surface area contributed by atoms with E-state index in [4.69, 9.17) is 5.11 Å². The Morgan fingerprint density at radius 3 is 2.56 bits per heavy atom. The Morgan fingerprint density at radius 1 is 1.38 bits per heavy atom. The summed E-state index contributed by atoms with van der Waals surface area (Å²) in [5, 5.41) is 21.2. The van der Waals surface area contributed by atoms with E-state index in [0.29, 0.717) is 12.1 Å². The topological polar surface area (TPSA) is 72.8 Å². The highest BCUT2D eigenvalue weighted by Gasteiger charge is 2.33. The van der Waals surface area contributed by atoms with Gasteiger partial charge in [0.2, 0.25) is 0 Å². The number of unbranched alkanes of at least 4 members (excludes halogenated alkanes) is 2. The van der Waals surface area contributed by atoms with Crippen LogP contribution >= 0.6 is 0 Å². The molecule has 1 aliphatic heterocycles. The van der Waals surface area contributed by atoms with Crippen molar-refractivity contribution < 1.29 is 15.0 Å². The van der Waals surface area contributed by atoms with E-state index in [1.807, 2.05) is 11.9 Å². The molecule has 0 aromatic heterocycles. The number of carboxylic acid groups (broad SMARTS) is 1. The van der Waals surface area contributed by atoms with Crippen molar-refractivity contribution in [1.82, 2.24) is 10.2 Å². The van der Waals surface area contributed by atoms with Gasteiger partial charge in [0.15, 0.2) is 6.35 Å². The number of nitrogens with zero attached hydrogens (tertiary/aromatic N) is 1. The van der Waals surface area contributed by atoms with Crippen molar-refractivity contribution in [2.75, 3.05) is 7.05 Å². The lowest BCUT2D eigenvalue weighted by Gasteiger charge is -2.19. The number of hydrogen-bond donors (Lipinski definition) is 3. The molecule has 0 spiro atoms. The summed E-state index contributed by atoms with van der Waals surface area (Å²) in [5.41, 5.74) is 0. The van der Waals surface area contributed by atoms with Crippen LogP contribution < -0.4 is 5.32 Å². The first kappa shape index (κ1) is 13.4. The standard InChI is InChI=1S/C11H22N2O3/c1-8-9(12-11(16)13(8)2)6-4-3-5-7-10(14)15/h8-9,11-12,16H,3-7H2,1-2H3,(H,14,15). The molecule has 5 nitrogen and oxygen atoms in total. The van der Waals surface area contributed by atoms with Crippen LogP contribution in [-0.4, -0.2) is 46.6 Å². The van der Waals surface area contributed by atoms with E-state index in [2.05, 4.69) is 12.2 Å². The SMILES string of the molecule is CC1C(CCCCCC(=O)O)NC(O)N1C. The van der Waals surface area contributed by atoms with Crippen molar-refractivity contribution in [2.24, 2.45) is 0 Å². The maximum absolute atomic E-state index is 10.3. The largest absolute Gasteiger partial charge is 0.481 e. The Morgan fingerprint density at radius 2 is 2.06 bits per heavy atom. The van der Waals surface area contributed by atoms with Gasteiger partial charge in [0.25, 0.3) is 0 Å². The van der Waals surface area contributed by atoms with Gasteiger partial charge in [0, 0.05) is 18.5 Å². The maximum Gasteiger partial charge on any atom is 0.303 e. The van der Waals surface area contributed by atoms with Gasteiger partial charge < -0.3 is 10.2 Å². The molecule has 0 aliphatic carbocycles. The molecule has 1 heterocycles. The number of likely N-dealkylation sites (N-methyl/N-ethyl adjacent to an activating group) is 1. The van der Waals surface area contributed by atoms with Crippen molar-refractivity contribution >= 4 is 5.97 Å². The van der Waals surface area contributed by atoms with E-state index >= 15 is 0 Å². The van der Waals surface area contributed by atoms with Gasteiger partial charge in [-0.25, -0.2) is 0 Å². The molecule has 1 aliphatic rings. The van der Waals surface area contributed by atoms with E-state index in [9.17, 15) is 9.90 Å². The lowest BCUT2D eigenvalue weighted by Crippen LogP contribution is -2.34. The van der Waals surface area contributed by atoms with E-state index in [1.54, 1.807) is 0 Å². The van der Waals surface area contributed by atoms with E-state index in [1.165, 1.54) is 0 Å². The summed E-state index contributed by atoms with van der Waals surface area (Å²) in [6, 6.07) is 0.638. The summed E-state index contributed by atoms with van der Waals surface area (Å²) in [6.45, 7) is 2.09. The van der Waals surface area contributed by atoms with Gasteiger partial charge in [-0.15, -0.1) is 0 Å². The normalized spacial score (nSPS) is 30.8. The van der Waals surface area contributed by atoms with E-state index in [-0.39, 0.29) is 6.42 Å². The molecule has 0 aromatic carbocycles. The quantitative estimate of drug-likeness (QED) is 0.582. The van der Waals surface area contributed by atoms with Crippen molar-refractivity contribution in [2.45, 2.75) is 57.5 Å². The number of hydrogen-bond acceptors (Lipinski definition) is 4. The van der Waals surface area contributed by atoms with Gasteiger partial charge in [0.1, 0.15) is 0 Å². The second-order valence-electron chi connectivity index (χ2n) is 4.55. The van der Waals surface area contributed by atoms with Crippen LogP contribution in [0.4, 0.5) is 0 Å². The molecule has 0 radical (unpaired) electrons. The molecule has 3 atom stereocenters. The monoisotopic (exact) mass is 230 g/mol. The zero-order chi connectivity index (χ0) is 12.1. The third kappa shape index (κ3) is 3.73. The highest BCUT2D eigenvalue weighted by molar-refractivity contribution is 5.66. The third-order valence-corrected chi connectivity index (χ3v) is 3.38. The molecule has 1 saturated heterocycles. The number of rotatable bonds is 6. The summed E-state index contributed by atoms with van der Waals surface area (Å²) in [6.07, 6.45) is 3.40. The molecule has 94 valence electrons. The summed E-state index contributed by atoms with van der Waals surface area (Å²) in [7, 11) is 1.90. The van der Waals surface area contributed by atoms with Crippen molar-refractivity contribution in [3.63, 3.8) is 0 Å². The van der Waals surface area contributed by atoms with E-state index in [0.717, 1.165) is 25.7 Å². The Balaban J connectivity index is 2.12. The highest BCUT2D eigenvalue weighted by Crippen LogP contribution is 2.18. The van der Waals surface area contributed by atoms with Crippen LogP contribution in [0.3, 0.4) is 0 Å². The summed E-state index contributed by atoms with van der Waals surface area (Å²) >= 11 is 0. The number of carboxylic acids is 1. The number of aliphatic hydroxyl groups excluding tert-OH is 1. The van der Waals surface area contributed by atoms with Gasteiger partial charge >= 0.3 is 5.97 Å². The van der Waals surface area contributed by atoms with Crippen LogP contribution in [0.2, 0.25) is 0 Å². The van der Waals surface area contributed by atoms with Gasteiger partial charge in [-0.3, -0.25) is 15.0 Å². The molecule has 1 fully saturated rings. The fourth-order valence-electron chi connectivity index (χ4n) is 2.10. The first-order valence-electron chi connectivity index (χ1n) is 5.90. The highest BCUT2D eigenvalue weighted by atomic mass is 16.4. The molecule has 0 aromatic rings. The fourth-order valence-corrected chi connectivity index (χ4v) is 2.10. The number of nitrogens with one attached hydrogen (secondary N) is 1. The molecule has 1 rings (SSSR count). The Hall–Kier alpha value is -0.650. The van der Waals surface area contributed by atoms with Crippen LogP contribution in [0.5, 0.6) is 0 Å². The number of carbonyl (C=O) groups is 1. The van der Waals surface area contributed by atoms with E-state index < -0.39 is 12.3 Å². The van der Waals surface area contributed by atoms with Crippen molar-refractivity contribution in [3.8, 4) is 0 Å². The van der Waals surface area contributed by atoms with Crippen LogP contribution in [0.25, 0.3) is 0 Å². The molecule has 3 unspecified atom stereocenters. The number of aliphatic carboxylic acids is 1. The zero-order valence-corrected chi connectivity index (χ0v) is 10.0. The average Bonchev–Trinajstić information content (AvgIpc) is 2.45. The van der Waals surface area contributed by atoms with Crippen LogP contribution in [0, 0.1) is 0 Å². The summed E-state index contributed by atoms with van der Waals surface area (Å²) in [4.78, 5) is 12.2. The second-order valence-corrected chi connectivity index (χ2v) is 4.55. The average molecular weight is 230 g/mol. The Kier molecular flexibility index (Phi) is 5.18. The molecule has 5 heteroatoms. The molecular weight excluding hydrogens is 208 g/mol. The zero-order valence-electron chi connectivity index (χ0n) is 10.0. The molecule has 0 amide bonds. The molecule has 0 saturated carbocycles. The Bertz CT molecular complexity index is 235. The Labute approximate surface area is 96.4 Å². The molecule has 16 heavy (non-hydrogen) atoms. The molecule has 0 bridgehead atoms. The lowest BCUT2D eigenvalue weighted by molar-refractivity contribution is -0.137. The van der Waals surface area contributed by atoms with Gasteiger partial charge in [0.05, 0.1) is 0 Å². The fraction of sp³-hybridized carbons (Fsp3) is 0.909. The minimum atomic E-state index is -0.720. The van der Waals surface area contributed by atoms with Crippen LogP contribution in [-0.2, 0) is 4.79 Å². The van der Waals surface area contributed by atoms with Crippen molar-refractivity contribution in [1.29, 1.82) is 0 Å². The van der Waals surface area contributed by atoms with Gasteiger partial charge in [-0.1, -0.05) is 12.8 Å². The summed E-state index contributed by atoms with van der Waals surface area (Å²) < 4.78 is 0. The molecule has 3 N–H and O–H groups in total. The van der Waals surface area contributed by atoms with Gasteiger partial charge in [-0.2, -0.15) is 0 Å². The second kappa shape index (κ2) is 6.18. The van der Waals surface area contributed by atoms with Crippen LogP contribution in [0.1, 0.15) is 39.0 Å².